The number of aryl methyl sites for hydroxylation is 1. The minimum atomic E-state index is -1.14. The zero-order valence-electron chi connectivity index (χ0n) is 16.7. The number of nitrogens with one attached hydrogen (secondary N) is 1. The third-order valence-electron chi connectivity index (χ3n) is 6.31. The maximum Gasteiger partial charge on any atom is 0.330 e. The molecule has 0 bridgehead atoms. The number of cyclic esters (lactones) is 1. The van der Waals surface area contributed by atoms with Crippen LogP contribution < -0.4 is 5.32 Å². The standard InChI is InChI=1S/C22H28N2O5/c1-2-28-21(26)16(12-11-14-7-4-3-5-8-14)23-19-20(25)24-17-10-6-9-15(17)13-18(24)22(27)29-19/h3-5,7-8,15-19,23H,2,6,9-13H2,1H3/t15-,16?,17-,18-,19-/m0/s1. The minimum absolute atomic E-state index is 0.120. The summed E-state index contributed by atoms with van der Waals surface area (Å²) in [5.74, 6) is -0.663. The summed E-state index contributed by atoms with van der Waals surface area (Å²) in [6, 6.07) is 8.73. The van der Waals surface area contributed by atoms with E-state index >= 15 is 0 Å². The number of amides is 1. The van der Waals surface area contributed by atoms with Gasteiger partial charge in [-0.15, -0.1) is 0 Å². The highest BCUT2D eigenvalue weighted by Gasteiger charge is 2.54. The number of rotatable bonds is 7. The lowest BCUT2D eigenvalue weighted by Crippen LogP contribution is -2.62. The number of morpholine rings is 1. The second-order valence-electron chi connectivity index (χ2n) is 8.07. The van der Waals surface area contributed by atoms with Gasteiger partial charge in [-0.1, -0.05) is 36.8 Å². The van der Waals surface area contributed by atoms with E-state index in [1.807, 2.05) is 30.3 Å². The summed E-state index contributed by atoms with van der Waals surface area (Å²) in [5.41, 5.74) is 1.09. The van der Waals surface area contributed by atoms with Gasteiger partial charge in [0.05, 0.1) is 6.61 Å². The van der Waals surface area contributed by atoms with Gasteiger partial charge in [0.15, 0.2) is 0 Å². The van der Waals surface area contributed by atoms with Gasteiger partial charge >= 0.3 is 11.9 Å². The van der Waals surface area contributed by atoms with E-state index < -0.39 is 24.3 Å². The summed E-state index contributed by atoms with van der Waals surface area (Å²) in [5, 5.41) is 2.97. The Morgan fingerprint density at radius 3 is 2.83 bits per heavy atom. The van der Waals surface area contributed by atoms with Crippen LogP contribution in [0.25, 0.3) is 0 Å². The van der Waals surface area contributed by atoms with E-state index in [1.165, 1.54) is 0 Å². The molecule has 1 N–H and O–H groups in total. The second kappa shape index (κ2) is 8.53. The molecular formula is C22H28N2O5. The molecule has 156 valence electrons. The maximum absolute atomic E-state index is 13.1. The largest absolute Gasteiger partial charge is 0.465 e. The molecule has 1 aromatic carbocycles. The molecule has 4 rings (SSSR count). The second-order valence-corrected chi connectivity index (χ2v) is 8.07. The molecule has 3 fully saturated rings. The summed E-state index contributed by atoms with van der Waals surface area (Å²) < 4.78 is 10.6. The molecule has 1 unspecified atom stereocenters. The van der Waals surface area contributed by atoms with Crippen LogP contribution in [0.4, 0.5) is 0 Å². The van der Waals surface area contributed by atoms with Gasteiger partial charge in [-0.2, -0.15) is 0 Å². The van der Waals surface area contributed by atoms with E-state index in [0.717, 1.165) is 24.8 Å². The number of carbonyl (C=O) groups excluding carboxylic acids is 3. The Morgan fingerprint density at radius 2 is 2.07 bits per heavy atom. The summed E-state index contributed by atoms with van der Waals surface area (Å²) in [4.78, 5) is 39.9. The topological polar surface area (TPSA) is 84.9 Å². The van der Waals surface area contributed by atoms with Crippen molar-refractivity contribution >= 4 is 17.8 Å². The highest BCUT2D eigenvalue weighted by molar-refractivity contribution is 5.93. The number of hydrogen-bond donors (Lipinski definition) is 1. The van der Waals surface area contributed by atoms with E-state index in [4.69, 9.17) is 9.47 Å². The average Bonchev–Trinajstić information content (AvgIpc) is 3.31. The number of hydrogen-bond acceptors (Lipinski definition) is 6. The van der Waals surface area contributed by atoms with E-state index in [0.29, 0.717) is 25.2 Å². The first-order valence-corrected chi connectivity index (χ1v) is 10.6. The monoisotopic (exact) mass is 400 g/mol. The number of esters is 2. The maximum atomic E-state index is 13.1. The lowest BCUT2D eigenvalue weighted by molar-refractivity contribution is -0.181. The molecule has 2 aliphatic heterocycles. The van der Waals surface area contributed by atoms with Gasteiger partial charge in [0.1, 0.15) is 12.1 Å². The summed E-state index contributed by atoms with van der Waals surface area (Å²) in [7, 11) is 0. The van der Waals surface area contributed by atoms with Gasteiger partial charge in [-0.3, -0.25) is 14.9 Å². The summed E-state index contributed by atoms with van der Waals surface area (Å²) >= 11 is 0. The fourth-order valence-electron chi connectivity index (χ4n) is 4.95. The molecule has 2 heterocycles. The van der Waals surface area contributed by atoms with Crippen LogP contribution in [0.1, 0.15) is 44.6 Å². The highest BCUT2D eigenvalue weighted by Crippen LogP contribution is 2.43. The number of fused-ring (bicyclic) bond motifs is 3. The van der Waals surface area contributed by atoms with Crippen molar-refractivity contribution in [3.63, 3.8) is 0 Å². The van der Waals surface area contributed by atoms with Crippen molar-refractivity contribution in [2.75, 3.05) is 6.61 Å². The van der Waals surface area contributed by atoms with Gasteiger partial charge < -0.3 is 14.4 Å². The molecule has 1 saturated carbocycles. The molecule has 1 aliphatic carbocycles. The van der Waals surface area contributed by atoms with Crippen LogP contribution in [-0.4, -0.2) is 53.7 Å². The van der Waals surface area contributed by atoms with Crippen molar-refractivity contribution in [3.05, 3.63) is 35.9 Å². The average molecular weight is 400 g/mol. The van der Waals surface area contributed by atoms with Gasteiger partial charge in [0.25, 0.3) is 5.91 Å². The van der Waals surface area contributed by atoms with Crippen molar-refractivity contribution < 1.29 is 23.9 Å². The van der Waals surface area contributed by atoms with Gasteiger partial charge in [0.2, 0.25) is 6.23 Å². The quantitative estimate of drug-likeness (QED) is 0.703. The van der Waals surface area contributed by atoms with Gasteiger partial charge in [-0.05, 0) is 50.5 Å². The first-order valence-electron chi connectivity index (χ1n) is 10.6. The lowest BCUT2D eigenvalue weighted by atomic mass is 10.0. The van der Waals surface area contributed by atoms with Crippen LogP contribution in [0, 0.1) is 5.92 Å². The third-order valence-corrected chi connectivity index (χ3v) is 6.31. The third kappa shape index (κ3) is 4.01. The Bertz CT molecular complexity index is 768. The van der Waals surface area contributed by atoms with Crippen molar-refractivity contribution in [1.29, 1.82) is 0 Å². The zero-order valence-corrected chi connectivity index (χ0v) is 16.7. The van der Waals surface area contributed by atoms with Crippen LogP contribution in [-0.2, 0) is 30.3 Å². The number of ether oxygens (including phenoxy) is 2. The minimum Gasteiger partial charge on any atom is -0.465 e. The zero-order chi connectivity index (χ0) is 20.4. The van der Waals surface area contributed by atoms with Crippen molar-refractivity contribution in [3.8, 4) is 0 Å². The van der Waals surface area contributed by atoms with E-state index in [1.54, 1.807) is 11.8 Å². The van der Waals surface area contributed by atoms with Crippen molar-refractivity contribution in [2.45, 2.75) is 69.8 Å². The molecule has 1 aromatic rings. The molecule has 0 spiro atoms. The summed E-state index contributed by atoms with van der Waals surface area (Å²) in [6.07, 6.45) is 3.71. The van der Waals surface area contributed by atoms with Crippen LogP contribution in [0.15, 0.2) is 30.3 Å². The predicted molar refractivity (Wildman–Crippen MR) is 105 cm³/mol. The smallest absolute Gasteiger partial charge is 0.330 e. The number of nitrogens with zero attached hydrogens (tertiary/aromatic N) is 1. The molecule has 0 aromatic heterocycles. The van der Waals surface area contributed by atoms with Crippen LogP contribution in [0.5, 0.6) is 0 Å². The Kier molecular flexibility index (Phi) is 5.85. The van der Waals surface area contributed by atoms with E-state index in [9.17, 15) is 14.4 Å². The lowest BCUT2D eigenvalue weighted by Gasteiger charge is -2.37. The van der Waals surface area contributed by atoms with Crippen LogP contribution in [0.2, 0.25) is 0 Å². The Balaban J connectivity index is 1.46. The first kappa shape index (κ1) is 19.9. The molecule has 2 saturated heterocycles. The summed E-state index contributed by atoms with van der Waals surface area (Å²) in [6.45, 7) is 1.99. The van der Waals surface area contributed by atoms with Crippen LogP contribution >= 0.6 is 0 Å². The molecule has 7 heteroatoms. The van der Waals surface area contributed by atoms with Crippen molar-refractivity contribution in [2.24, 2.45) is 5.92 Å². The molecule has 5 atom stereocenters. The molecular weight excluding hydrogens is 372 g/mol. The highest BCUT2D eigenvalue weighted by atomic mass is 16.6. The Labute approximate surface area is 170 Å². The van der Waals surface area contributed by atoms with E-state index in [2.05, 4.69) is 5.32 Å². The van der Waals surface area contributed by atoms with Gasteiger partial charge in [0, 0.05) is 6.04 Å². The Hall–Kier alpha value is -2.41. The van der Waals surface area contributed by atoms with Crippen LogP contribution in [0.3, 0.4) is 0 Å². The molecule has 3 aliphatic rings. The predicted octanol–water partition coefficient (Wildman–Crippen LogP) is 1.79. The van der Waals surface area contributed by atoms with E-state index in [-0.39, 0.29) is 24.5 Å². The first-order chi connectivity index (χ1) is 14.1. The molecule has 0 radical (unpaired) electrons. The molecule has 29 heavy (non-hydrogen) atoms. The normalized spacial score (nSPS) is 29.2. The fourth-order valence-corrected chi connectivity index (χ4v) is 4.95. The Morgan fingerprint density at radius 1 is 1.28 bits per heavy atom. The SMILES string of the molecule is CCOC(=O)C(CCc1ccccc1)N[C@H]1OC(=O)[C@@H]2C[C@@H]3CCC[C@@H]3N2C1=O. The fraction of sp³-hybridized carbons (Fsp3) is 0.591. The van der Waals surface area contributed by atoms with Gasteiger partial charge in [-0.25, -0.2) is 4.79 Å². The molecule has 7 nitrogen and oxygen atoms in total. The van der Waals surface area contributed by atoms with Crippen molar-refractivity contribution in [1.82, 2.24) is 10.2 Å². The number of benzene rings is 1. The number of carbonyl (C=O) groups is 3. The molecule has 1 amide bonds.